The predicted molar refractivity (Wildman–Crippen MR) is 64.9 cm³/mol. The summed E-state index contributed by atoms with van der Waals surface area (Å²) in [5, 5.41) is 11.5. The number of nitrogens with one attached hydrogen (secondary N) is 1. The highest BCUT2D eigenvalue weighted by Gasteiger charge is 2.05. The molecule has 19 heavy (non-hydrogen) atoms. The summed E-state index contributed by atoms with van der Waals surface area (Å²) in [5.74, 6) is -1.73. The molecule has 0 radical (unpaired) electrons. The van der Waals surface area contributed by atoms with Crippen LogP contribution in [0.4, 0.5) is 14.6 Å². The molecule has 0 fully saturated rings. The van der Waals surface area contributed by atoms with E-state index in [0.29, 0.717) is 5.82 Å². The molecule has 0 unspecified atom stereocenters. The fourth-order valence-electron chi connectivity index (χ4n) is 1.49. The van der Waals surface area contributed by atoms with Gasteiger partial charge in [-0.25, -0.2) is 18.6 Å². The van der Waals surface area contributed by atoms with Gasteiger partial charge in [-0.3, -0.25) is 0 Å². The average Bonchev–Trinajstić information content (AvgIpc) is 2.40. The summed E-state index contributed by atoms with van der Waals surface area (Å²) in [4.78, 5) is 14.5. The van der Waals surface area contributed by atoms with Gasteiger partial charge in [-0.2, -0.15) is 0 Å². The molecule has 6 heteroatoms. The molecular weight excluding hydrogens is 254 g/mol. The molecule has 0 saturated heterocycles. The smallest absolute Gasteiger partial charge is 0.337 e. The van der Waals surface area contributed by atoms with Gasteiger partial charge in [-0.15, -0.1) is 0 Å². The molecule has 0 aliphatic heterocycles. The lowest BCUT2D eigenvalue weighted by atomic mass is 10.2. The van der Waals surface area contributed by atoms with Crippen LogP contribution in [-0.4, -0.2) is 16.1 Å². The van der Waals surface area contributed by atoms with Crippen molar-refractivity contribution in [2.75, 3.05) is 5.32 Å². The number of benzene rings is 1. The van der Waals surface area contributed by atoms with Crippen molar-refractivity contribution in [3.05, 3.63) is 59.3 Å². The third-order valence-corrected chi connectivity index (χ3v) is 2.48. The molecule has 1 heterocycles. The van der Waals surface area contributed by atoms with Gasteiger partial charge >= 0.3 is 5.97 Å². The number of aromatic nitrogens is 1. The van der Waals surface area contributed by atoms with Gasteiger partial charge in [0.1, 0.15) is 17.5 Å². The maximum Gasteiger partial charge on any atom is 0.337 e. The standard InChI is InChI=1S/C13H10F2N2O2/c14-10-2-3-11(15)9(5-10)7-17-12-4-1-8(6-16-12)13(18)19/h1-6H,7H2,(H,16,17)(H,18,19). The topological polar surface area (TPSA) is 62.2 Å². The molecule has 98 valence electrons. The van der Waals surface area contributed by atoms with Crippen LogP contribution >= 0.6 is 0 Å². The van der Waals surface area contributed by atoms with E-state index in [4.69, 9.17) is 5.11 Å². The first-order valence-electron chi connectivity index (χ1n) is 5.43. The van der Waals surface area contributed by atoms with Crippen LogP contribution in [0.1, 0.15) is 15.9 Å². The normalized spacial score (nSPS) is 10.2. The number of nitrogens with zero attached hydrogens (tertiary/aromatic N) is 1. The Kier molecular flexibility index (Phi) is 3.70. The lowest BCUT2D eigenvalue weighted by Gasteiger charge is -2.07. The van der Waals surface area contributed by atoms with Crippen molar-refractivity contribution in [2.45, 2.75) is 6.54 Å². The SMILES string of the molecule is O=C(O)c1ccc(NCc2cc(F)ccc2F)nc1. The molecule has 0 amide bonds. The molecule has 2 aromatic rings. The van der Waals surface area contributed by atoms with Gasteiger partial charge in [-0.05, 0) is 30.3 Å². The molecule has 2 N–H and O–H groups in total. The zero-order valence-electron chi connectivity index (χ0n) is 9.73. The summed E-state index contributed by atoms with van der Waals surface area (Å²) in [6.45, 7) is 0.0585. The number of hydrogen-bond acceptors (Lipinski definition) is 3. The van der Waals surface area contributed by atoms with Crippen molar-refractivity contribution in [1.82, 2.24) is 4.98 Å². The zero-order valence-corrected chi connectivity index (χ0v) is 9.73. The number of carbonyl (C=O) groups is 1. The Morgan fingerprint density at radius 2 is 2.05 bits per heavy atom. The Balaban J connectivity index is 2.06. The Labute approximate surface area is 107 Å². The number of anilines is 1. The maximum absolute atomic E-state index is 13.3. The number of carboxylic acid groups (broad SMARTS) is 1. The predicted octanol–water partition coefficient (Wildman–Crippen LogP) is 2.67. The van der Waals surface area contributed by atoms with Crippen LogP contribution in [0.2, 0.25) is 0 Å². The highest BCUT2D eigenvalue weighted by molar-refractivity contribution is 5.87. The van der Waals surface area contributed by atoms with E-state index in [1.807, 2.05) is 0 Å². The third-order valence-electron chi connectivity index (χ3n) is 2.48. The van der Waals surface area contributed by atoms with Gasteiger partial charge in [0.15, 0.2) is 0 Å². The fourth-order valence-corrected chi connectivity index (χ4v) is 1.49. The second-order valence-corrected chi connectivity index (χ2v) is 3.83. The zero-order chi connectivity index (χ0) is 13.8. The van der Waals surface area contributed by atoms with Crippen LogP contribution in [0.25, 0.3) is 0 Å². The lowest BCUT2D eigenvalue weighted by molar-refractivity contribution is 0.0696. The first-order chi connectivity index (χ1) is 9.06. The number of halogens is 2. The molecule has 1 aromatic heterocycles. The molecular formula is C13H10F2N2O2. The first-order valence-corrected chi connectivity index (χ1v) is 5.43. The Morgan fingerprint density at radius 3 is 2.68 bits per heavy atom. The second-order valence-electron chi connectivity index (χ2n) is 3.83. The van der Waals surface area contributed by atoms with Gasteiger partial charge in [0.05, 0.1) is 5.56 Å². The Hall–Kier alpha value is -2.50. The Bertz CT molecular complexity index is 600. The monoisotopic (exact) mass is 264 g/mol. The lowest BCUT2D eigenvalue weighted by Crippen LogP contribution is -2.05. The highest BCUT2D eigenvalue weighted by atomic mass is 19.1. The minimum absolute atomic E-state index is 0.0579. The molecule has 0 aliphatic rings. The van der Waals surface area contributed by atoms with Crippen molar-refractivity contribution >= 4 is 11.8 Å². The number of aromatic carboxylic acids is 1. The summed E-state index contributed by atoms with van der Waals surface area (Å²) < 4.78 is 26.3. The van der Waals surface area contributed by atoms with E-state index in [9.17, 15) is 13.6 Å². The van der Waals surface area contributed by atoms with Crippen LogP contribution < -0.4 is 5.32 Å². The van der Waals surface area contributed by atoms with Gasteiger partial charge in [0.2, 0.25) is 0 Å². The van der Waals surface area contributed by atoms with Crippen LogP contribution in [0, 0.1) is 11.6 Å². The molecule has 0 aliphatic carbocycles. The van der Waals surface area contributed by atoms with Gasteiger partial charge in [-0.1, -0.05) is 0 Å². The number of carboxylic acids is 1. The van der Waals surface area contributed by atoms with E-state index in [2.05, 4.69) is 10.3 Å². The Morgan fingerprint density at radius 1 is 1.26 bits per heavy atom. The second kappa shape index (κ2) is 5.43. The van der Waals surface area contributed by atoms with Crippen molar-refractivity contribution in [2.24, 2.45) is 0 Å². The van der Waals surface area contributed by atoms with Crippen molar-refractivity contribution in [3.8, 4) is 0 Å². The molecule has 0 bridgehead atoms. The van der Waals surface area contributed by atoms with Crippen LogP contribution in [0.3, 0.4) is 0 Å². The maximum atomic E-state index is 13.3. The van der Waals surface area contributed by atoms with Crippen LogP contribution in [0.5, 0.6) is 0 Å². The molecule has 0 spiro atoms. The van der Waals surface area contributed by atoms with Crippen molar-refractivity contribution < 1.29 is 18.7 Å². The first kappa shape index (κ1) is 12.9. The van der Waals surface area contributed by atoms with E-state index in [1.165, 1.54) is 18.3 Å². The summed E-state index contributed by atoms with van der Waals surface area (Å²) in [5.41, 5.74) is 0.228. The molecule has 0 atom stereocenters. The van der Waals surface area contributed by atoms with Gasteiger partial charge in [0, 0.05) is 18.3 Å². The summed E-state index contributed by atoms with van der Waals surface area (Å²) in [6.07, 6.45) is 1.19. The van der Waals surface area contributed by atoms with E-state index >= 15 is 0 Å². The van der Waals surface area contributed by atoms with Crippen LogP contribution in [0.15, 0.2) is 36.5 Å². The quantitative estimate of drug-likeness (QED) is 0.891. The number of hydrogen-bond donors (Lipinski definition) is 2. The molecule has 4 nitrogen and oxygen atoms in total. The van der Waals surface area contributed by atoms with E-state index < -0.39 is 17.6 Å². The van der Waals surface area contributed by atoms with E-state index in [1.54, 1.807) is 0 Å². The fraction of sp³-hybridized carbons (Fsp3) is 0.0769. The summed E-state index contributed by atoms with van der Waals surface area (Å²) in [6, 6.07) is 6.01. The van der Waals surface area contributed by atoms with Crippen molar-refractivity contribution in [1.29, 1.82) is 0 Å². The largest absolute Gasteiger partial charge is 0.478 e. The highest BCUT2D eigenvalue weighted by Crippen LogP contribution is 2.12. The van der Waals surface area contributed by atoms with E-state index in [-0.39, 0.29) is 17.7 Å². The van der Waals surface area contributed by atoms with Crippen molar-refractivity contribution in [3.63, 3.8) is 0 Å². The number of rotatable bonds is 4. The van der Waals surface area contributed by atoms with Gasteiger partial charge in [0.25, 0.3) is 0 Å². The number of pyridine rings is 1. The van der Waals surface area contributed by atoms with E-state index in [0.717, 1.165) is 18.2 Å². The van der Waals surface area contributed by atoms with Crippen LogP contribution in [-0.2, 0) is 6.54 Å². The molecule has 2 rings (SSSR count). The summed E-state index contributed by atoms with van der Waals surface area (Å²) in [7, 11) is 0. The van der Waals surface area contributed by atoms with Gasteiger partial charge < -0.3 is 10.4 Å². The average molecular weight is 264 g/mol. The molecule has 0 saturated carbocycles. The molecule has 1 aromatic carbocycles. The minimum atomic E-state index is -1.07. The minimum Gasteiger partial charge on any atom is -0.478 e. The third kappa shape index (κ3) is 3.25. The summed E-state index contributed by atoms with van der Waals surface area (Å²) >= 11 is 0.